The highest BCUT2D eigenvalue weighted by molar-refractivity contribution is 7.31. The maximum absolute atomic E-state index is 2.32. The van der Waals surface area contributed by atoms with Crippen molar-refractivity contribution in [3.05, 3.63) is 0 Å². The molecule has 0 amide bonds. The van der Waals surface area contributed by atoms with Gasteiger partial charge in [0.2, 0.25) is 0 Å². The standard InChI is InChI=1S/C14H36Si3/c1-3-5-7-9-11-13-17(16-15)14-12-10-8-6-4-2/h17H,3-14,16H2,1-2,15H3. The molecule has 0 atom stereocenters. The van der Waals surface area contributed by atoms with Crippen LogP contribution >= 0.6 is 0 Å². The van der Waals surface area contributed by atoms with Crippen molar-refractivity contribution in [2.75, 3.05) is 0 Å². The van der Waals surface area contributed by atoms with Crippen LogP contribution in [-0.4, -0.2) is 26.6 Å². The maximum atomic E-state index is 2.32. The lowest BCUT2D eigenvalue weighted by atomic mass is 10.2. The van der Waals surface area contributed by atoms with E-state index in [1.54, 1.807) is 47.5 Å². The van der Waals surface area contributed by atoms with Crippen molar-refractivity contribution in [1.82, 2.24) is 0 Å². The molecule has 0 aromatic heterocycles. The highest BCUT2D eigenvalue weighted by atomic mass is 29.5. The van der Waals surface area contributed by atoms with E-state index in [2.05, 4.69) is 13.8 Å². The van der Waals surface area contributed by atoms with E-state index in [0.29, 0.717) is 8.55 Å². The smallest absolute Gasteiger partial charge is 0.0207 e. The summed E-state index contributed by atoms with van der Waals surface area (Å²) >= 11 is 0. The zero-order valence-electron chi connectivity index (χ0n) is 12.8. The minimum absolute atomic E-state index is 0.115. The van der Waals surface area contributed by atoms with Crippen molar-refractivity contribution in [3.63, 3.8) is 0 Å². The Kier molecular flexibility index (Phi) is 15.3. The molecule has 0 spiro atoms. The number of hydrogen-bond donors (Lipinski definition) is 0. The van der Waals surface area contributed by atoms with Crippen molar-refractivity contribution in [1.29, 1.82) is 0 Å². The van der Waals surface area contributed by atoms with Gasteiger partial charge < -0.3 is 0 Å². The van der Waals surface area contributed by atoms with E-state index in [-0.39, 0.29) is 8.31 Å². The predicted octanol–water partition coefficient (Wildman–Crippen LogP) is 3.10. The lowest BCUT2D eigenvalue weighted by molar-refractivity contribution is 0.647. The molecule has 0 saturated carbocycles. The van der Waals surface area contributed by atoms with Gasteiger partial charge in [-0.25, -0.2) is 0 Å². The van der Waals surface area contributed by atoms with Gasteiger partial charge in [-0.2, -0.15) is 0 Å². The van der Waals surface area contributed by atoms with Gasteiger partial charge in [-0.3, -0.25) is 0 Å². The van der Waals surface area contributed by atoms with E-state index in [9.17, 15) is 0 Å². The Morgan fingerprint density at radius 1 is 0.706 bits per heavy atom. The van der Waals surface area contributed by atoms with Gasteiger partial charge in [-0.1, -0.05) is 90.1 Å². The molecular formula is C14H36Si3. The Morgan fingerprint density at radius 2 is 1.12 bits per heavy atom. The van der Waals surface area contributed by atoms with Crippen LogP contribution in [0, 0.1) is 0 Å². The summed E-state index contributed by atoms with van der Waals surface area (Å²) < 4.78 is 0. The Morgan fingerprint density at radius 3 is 1.47 bits per heavy atom. The topological polar surface area (TPSA) is 0 Å². The normalized spacial score (nSPS) is 12.2. The summed E-state index contributed by atoms with van der Waals surface area (Å²) in [6.07, 6.45) is 15.0. The molecule has 104 valence electrons. The van der Waals surface area contributed by atoms with Gasteiger partial charge in [0.05, 0.1) is 0 Å². The summed E-state index contributed by atoms with van der Waals surface area (Å²) in [5, 5.41) is 0. The second-order valence-corrected chi connectivity index (χ2v) is 22.6. The van der Waals surface area contributed by atoms with E-state index in [0.717, 1.165) is 0 Å². The summed E-state index contributed by atoms with van der Waals surface area (Å²) in [5.41, 5.74) is 0. The molecule has 0 fully saturated rings. The number of hydrogen-bond acceptors (Lipinski definition) is 0. The summed E-state index contributed by atoms with van der Waals surface area (Å²) in [6.45, 7) is 4.64. The van der Waals surface area contributed by atoms with E-state index >= 15 is 0 Å². The summed E-state index contributed by atoms with van der Waals surface area (Å²) in [7, 11) is 2.02. The van der Waals surface area contributed by atoms with E-state index < -0.39 is 0 Å². The molecule has 0 radical (unpaired) electrons. The van der Waals surface area contributed by atoms with E-state index in [4.69, 9.17) is 0 Å². The lowest BCUT2D eigenvalue weighted by Crippen LogP contribution is -2.22. The Labute approximate surface area is 117 Å². The molecule has 0 N–H and O–H groups in total. The largest absolute Gasteiger partial charge is 0.0654 e. The number of unbranched alkanes of at least 4 members (excludes halogenated alkanes) is 8. The summed E-state index contributed by atoms with van der Waals surface area (Å²) in [5.74, 6) is 0. The third kappa shape index (κ3) is 12.9. The van der Waals surface area contributed by atoms with Gasteiger partial charge in [-0.15, -0.1) is 0 Å². The molecule has 0 unspecified atom stereocenters. The highest BCUT2D eigenvalue weighted by Gasteiger charge is 2.07. The molecule has 0 aromatic carbocycles. The third-order valence-electron chi connectivity index (χ3n) is 4.01. The summed E-state index contributed by atoms with van der Waals surface area (Å²) in [4.78, 5) is 0. The van der Waals surface area contributed by atoms with Gasteiger partial charge in [0.1, 0.15) is 0 Å². The Bertz CT molecular complexity index is 125. The van der Waals surface area contributed by atoms with Crippen LogP contribution in [0.1, 0.15) is 78.1 Å². The lowest BCUT2D eigenvalue weighted by Gasteiger charge is -2.12. The van der Waals surface area contributed by atoms with E-state index in [1.807, 2.05) is 0 Å². The highest BCUT2D eigenvalue weighted by Crippen LogP contribution is 2.13. The first-order chi connectivity index (χ1) is 8.35. The SMILES string of the molecule is CCCCCCC[SiH](CCCCCCC)[SiH2][SiH3]. The molecular weight excluding hydrogens is 252 g/mol. The van der Waals surface area contributed by atoms with Crippen LogP contribution in [0.5, 0.6) is 0 Å². The third-order valence-corrected chi connectivity index (χ3v) is 23.9. The Hall–Kier alpha value is 0.651. The minimum Gasteiger partial charge on any atom is -0.0654 e. The fraction of sp³-hybridized carbons (Fsp3) is 1.00. The predicted molar refractivity (Wildman–Crippen MR) is 92.8 cm³/mol. The van der Waals surface area contributed by atoms with E-state index in [1.165, 1.54) is 38.5 Å². The van der Waals surface area contributed by atoms with Gasteiger partial charge in [0.25, 0.3) is 0 Å². The van der Waals surface area contributed by atoms with Crippen molar-refractivity contribution in [3.8, 4) is 0 Å². The average Bonchev–Trinajstić information content (AvgIpc) is 2.36. The van der Waals surface area contributed by atoms with Crippen LogP contribution in [-0.2, 0) is 0 Å². The van der Waals surface area contributed by atoms with Gasteiger partial charge in [-0.05, 0) is 18.3 Å². The molecule has 17 heavy (non-hydrogen) atoms. The zero-order valence-corrected chi connectivity index (χ0v) is 17.3. The molecule has 0 aliphatic carbocycles. The maximum Gasteiger partial charge on any atom is 0.0207 e. The van der Waals surface area contributed by atoms with Crippen molar-refractivity contribution < 1.29 is 0 Å². The van der Waals surface area contributed by atoms with Crippen molar-refractivity contribution in [2.45, 2.75) is 90.1 Å². The van der Waals surface area contributed by atoms with Crippen LogP contribution in [0.15, 0.2) is 0 Å². The van der Waals surface area contributed by atoms with Gasteiger partial charge in [0.15, 0.2) is 0 Å². The molecule has 0 rings (SSSR count). The average molecular weight is 289 g/mol. The molecule has 0 nitrogen and oxygen atoms in total. The fourth-order valence-electron chi connectivity index (χ4n) is 2.63. The molecule has 0 saturated heterocycles. The van der Waals surface area contributed by atoms with Gasteiger partial charge >= 0.3 is 0 Å². The quantitative estimate of drug-likeness (QED) is 0.361. The van der Waals surface area contributed by atoms with Crippen molar-refractivity contribution >= 4 is 26.6 Å². The molecule has 0 heterocycles. The fourth-order valence-corrected chi connectivity index (χ4v) is 17.0. The zero-order chi connectivity index (χ0) is 12.8. The molecule has 0 aliphatic rings. The van der Waals surface area contributed by atoms with Crippen LogP contribution in [0.2, 0.25) is 12.1 Å². The van der Waals surface area contributed by atoms with Crippen LogP contribution in [0.4, 0.5) is 0 Å². The van der Waals surface area contributed by atoms with Crippen LogP contribution < -0.4 is 0 Å². The minimum atomic E-state index is -0.115. The first-order valence-corrected chi connectivity index (χ1v) is 18.9. The monoisotopic (exact) mass is 288 g/mol. The summed E-state index contributed by atoms with van der Waals surface area (Å²) in [6, 6.07) is 3.46. The Balaban J connectivity index is 3.30. The molecule has 3 heteroatoms. The van der Waals surface area contributed by atoms with Gasteiger partial charge in [0, 0.05) is 8.31 Å². The number of rotatable bonds is 13. The first-order valence-electron chi connectivity index (χ1n) is 8.35. The molecule has 0 bridgehead atoms. The second kappa shape index (κ2) is 14.7. The first kappa shape index (κ1) is 17.7. The van der Waals surface area contributed by atoms with Crippen molar-refractivity contribution in [2.24, 2.45) is 0 Å². The second-order valence-electron chi connectivity index (χ2n) is 5.68. The molecule has 0 aromatic rings. The van der Waals surface area contributed by atoms with Crippen LogP contribution in [0.25, 0.3) is 0 Å². The van der Waals surface area contributed by atoms with Crippen LogP contribution in [0.3, 0.4) is 0 Å². The molecule has 0 aliphatic heterocycles.